The molecule has 0 aliphatic rings. The predicted octanol–water partition coefficient (Wildman–Crippen LogP) is 3.67. The normalized spacial score (nSPS) is 12.5. The number of carbonyl (C=O) groups is 1. The largest absolute Gasteiger partial charge is 0.493 e. The molecule has 0 radical (unpaired) electrons. The first-order valence-electron chi connectivity index (χ1n) is 5.62. The van der Waals surface area contributed by atoms with Crippen LogP contribution < -0.4 is 4.74 Å². The van der Waals surface area contributed by atoms with Gasteiger partial charge >= 0.3 is 5.97 Å². The highest BCUT2D eigenvalue weighted by Gasteiger charge is 2.24. The molecule has 94 valence electrons. The van der Waals surface area contributed by atoms with E-state index in [2.05, 4.69) is 15.9 Å². The smallest absolute Gasteiger partial charge is 0.311 e. The topological polar surface area (TPSA) is 46.5 Å². The van der Waals surface area contributed by atoms with Gasteiger partial charge in [0.15, 0.2) is 0 Å². The lowest BCUT2D eigenvalue weighted by Gasteiger charge is -2.17. The van der Waals surface area contributed by atoms with Gasteiger partial charge in [-0.25, -0.2) is 0 Å². The Kier molecular flexibility index (Phi) is 5.00. The van der Waals surface area contributed by atoms with Crippen molar-refractivity contribution >= 4 is 21.9 Å². The molecule has 0 aromatic heterocycles. The first-order chi connectivity index (χ1) is 7.97. The molecular formula is C13H17BrO3. The van der Waals surface area contributed by atoms with E-state index in [-0.39, 0.29) is 5.92 Å². The minimum atomic E-state index is -0.795. The molecule has 1 unspecified atom stereocenters. The molecule has 1 atom stereocenters. The van der Waals surface area contributed by atoms with Crippen molar-refractivity contribution in [2.24, 2.45) is 5.92 Å². The Hall–Kier alpha value is -1.03. The van der Waals surface area contributed by atoms with E-state index in [0.29, 0.717) is 6.61 Å². The molecule has 4 heteroatoms. The van der Waals surface area contributed by atoms with E-state index < -0.39 is 11.9 Å². The summed E-state index contributed by atoms with van der Waals surface area (Å²) in [6.45, 7) is 6.31. The van der Waals surface area contributed by atoms with Gasteiger partial charge in [0.1, 0.15) is 5.75 Å². The summed E-state index contributed by atoms with van der Waals surface area (Å²) in [5.41, 5.74) is 0.794. The maximum atomic E-state index is 11.2. The minimum absolute atomic E-state index is 0.0531. The molecule has 1 aromatic rings. The van der Waals surface area contributed by atoms with Gasteiger partial charge in [-0.2, -0.15) is 0 Å². The highest BCUT2D eigenvalue weighted by Crippen LogP contribution is 2.32. The number of ether oxygens (including phenoxy) is 1. The van der Waals surface area contributed by atoms with E-state index >= 15 is 0 Å². The first kappa shape index (κ1) is 14.0. The molecule has 1 aromatic carbocycles. The monoisotopic (exact) mass is 300 g/mol. The van der Waals surface area contributed by atoms with Crippen LogP contribution in [0.1, 0.15) is 32.3 Å². The maximum absolute atomic E-state index is 11.2. The van der Waals surface area contributed by atoms with Gasteiger partial charge in [-0.15, -0.1) is 0 Å². The third-order valence-corrected chi connectivity index (χ3v) is 3.17. The van der Waals surface area contributed by atoms with Crippen molar-refractivity contribution in [3.8, 4) is 5.75 Å². The molecular weight excluding hydrogens is 284 g/mol. The van der Waals surface area contributed by atoms with Gasteiger partial charge in [0.05, 0.1) is 17.0 Å². The predicted molar refractivity (Wildman–Crippen MR) is 70.5 cm³/mol. The summed E-state index contributed by atoms with van der Waals surface area (Å²) in [6.07, 6.45) is 0. The summed E-state index contributed by atoms with van der Waals surface area (Å²) in [7, 11) is 0. The molecule has 17 heavy (non-hydrogen) atoms. The summed E-state index contributed by atoms with van der Waals surface area (Å²) >= 11 is 3.40. The van der Waals surface area contributed by atoms with Crippen molar-refractivity contribution in [2.75, 3.05) is 6.61 Å². The average molecular weight is 301 g/mol. The first-order valence-corrected chi connectivity index (χ1v) is 6.41. The van der Waals surface area contributed by atoms with Crippen molar-refractivity contribution < 1.29 is 14.6 Å². The van der Waals surface area contributed by atoms with Crippen molar-refractivity contribution in [1.82, 2.24) is 0 Å². The Bertz CT molecular complexity index is 402. The number of benzene rings is 1. The molecule has 0 saturated heterocycles. The van der Waals surface area contributed by atoms with Gasteiger partial charge in [-0.05, 0) is 46.5 Å². The van der Waals surface area contributed by atoms with E-state index in [4.69, 9.17) is 4.74 Å². The van der Waals surface area contributed by atoms with Gasteiger partial charge in [0, 0.05) is 0 Å². The summed E-state index contributed by atoms with van der Waals surface area (Å²) in [6, 6.07) is 5.44. The minimum Gasteiger partial charge on any atom is -0.493 e. The Morgan fingerprint density at radius 3 is 2.53 bits per heavy atom. The van der Waals surface area contributed by atoms with Crippen LogP contribution in [0, 0.1) is 5.92 Å². The zero-order valence-electron chi connectivity index (χ0n) is 10.2. The van der Waals surface area contributed by atoms with Gasteiger partial charge in [0.25, 0.3) is 0 Å². The number of carboxylic acid groups (broad SMARTS) is 1. The summed E-state index contributed by atoms with van der Waals surface area (Å²) in [5, 5.41) is 9.21. The maximum Gasteiger partial charge on any atom is 0.311 e. The molecule has 0 aliphatic heterocycles. The van der Waals surface area contributed by atoms with Gasteiger partial charge < -0.3 is 9.84 Å². The van der Waals surface area contributed by atoms with Crippen LogP contribution in [0.4, 0.5) is 0 Å². The second-order valence-corrected chi connectivity index (χ2v) is 5.04. The molecule has 0 fully saturated rings. The lowest BCUT2D eigenvalue weighted by atomic mass is 9.88. The van der Waals surface area contributed by atoms with Gasteiger partial charge in [0.2, 0.25) is 0 Å². The van der Waals surface area contributed by atoms with Crippen LogP contribution in [-0.4, -0.2) is 17.7 Å². The van der Waals surface area contributed by atoms with Gasteiger partial charge in [-0.1, -0.05) is 19.9 Å². The zero-order valence-corrected chi connectivity index (χ0v) is 11.8. The number of carboxylic acids is 1. The average Bonchev–Trinajstić information content (AvgIpc) is 2.21. The van der Waals surface area contributed by atoms with Crippen LogP contribution in [0.5, 0.6) is 5.75 Å². The lowest BCUT2D eigenvalue weighted by Crippen LogP contribution is -2.17. The zero-order chi connectivity index (χ0) is 13.0. The lowest BCUT2D eigenvalue weighted by molar-refractivity contribution is -0.139. The molecule has 0 bridgehead atoms. The SMILES string of the molecule is CCOc1ccc(C(C(=O)O)C(C)C)cc1Br. The Balaban J connectivity index is 3.06. The molecule has 0 heterocycles. The van der Waals surface area contributed by atoms with Crippen LogP contribution >= 0.6 is 15.9 Å². The number of aliphatic carboxylic acids is 1. The summed E-state index contributed by atoms with van der Waals surface area (Å²) in [5.74, 6) is -0.487. The summed E-state index contributed by atoms with van der Waals surface area (Å²) < 4.78 is 6.19. The molecule has 3 nitrogen and oxygen atoms in total. The van der Waals surface area contributed by atoms with Crippen LogP contribution in [-0.2, 0) is 4.79 Å². The van der Waals surface area contributed by atoms with Crippen molar-refractivity contribution in [3.63, 3.8) is 0 Å². The third kappa shape index (κ3) is 3.46. The van der Waals surface area contributed by atoms with Crippen LogP contribution in [0.2, 0.25) is 0 Å². The van der Waals surface area contributed by atoms with E-state index in [1.165, 1.54) is 0 Å². The molecule has 0 amide bonds. The highest BCUT2D eigenvalue weighted by molar-refractivity contribution is 9.10. The standard InChI is InChI=1S/C13H17BrO3/c1-4-17-11-6-5-9(7-10(11)14)12(8(2)3)13(15)16/h5-8,12H,4H2,1-3H3,(H,15,16). The van der Waals surface area contributed by atoms with E-state index in [1.807, 2.05) is 32.9 Å². The Morgan fingerprint density at radius 2 is 2.12 bits per heavy atom. The molecule has 0 spiro atoms. The Morgan fingerprint density at radius 1 is 1.47 bits per heavy atom. The molecule has 1 N–H and O–H groups in total. The highest BCUT2D eigenvalue weighted by atomic mass is 79.9. The van der Waals surface area contributed by atoms with Crippen molar-refractivity contribution in [3.05, 3.63) is 28.2 Å². The second-order valence-electron chi connectivity index (χ2n) is 4.18. The van der Waals surface area contributed by atoms with Crippen molar-refractivity contribution in [2.45, 2.75) is 26.7 Å². The Labute approximate surface area is 110 Å². The molecule has 0 aliphatic carbocycles. The fourth-order valence-electron chi connectivity index (χ4n) is 1.80. The van der Waals surface area contributed by atoms with Crippen LogP contribution in [0.3, 0.4) is 0 Å². The van der Waals surface area contributed by atoms with E-state index in [0.717, 1.165) is 15.8 Å². The molecule has 0 saturated carbocycles. The van der Waals surface area contributed by atoms with Gasteiger partial charge in [-0.3, -0.25) is 4.79 Å². The number of halogens is 1. The number of rotatable bonds is 5. The van der Waals surface area contributed by atoms with Crippen LogP contribution in [0.15, 0.2) is 22.7 Å². The van der Waals surface area contributed by atoms with Crippen LogP contribution in [0.25, 0.3) is 0 Å². The third-order valence-electron chi connectivity index (χ3n) is 2.55. The summed E-state index contributed by atoms with van der Waals surface area (Å²) in [4.78, 5) is 11.2. The van der Waals surface area contributed by atoms with E-state index in [9.17, 15) is 9.90 Å². The fourth-order valence-corrected chi connectivity index (χ4v) is 2.31. The molecule has 1 rings (SSSR count). The number of hydrogen-bond donors (Lipinski definition) is 1. The van der Waals surface area contributed by atoms with Crippen molar-refractivity contribution in [1.29, 1.82) is 0 Å². The second kappa shape index (κ2) is 6.05. The quantitative estimate of drug-likeness (QED) is 0.902. The fraction of sp³-hybridized carbons (Fsp3) is 0.462. The number of hydrogen-bond acceptors (Lipinski definition) is 2. The van der Waals surface area contributed by atoms with E-state index in [1.54, 1.807) is 6.07 Å².